The molecule has 7 nitrogen and oxygen atoms in total. The number of nitrogens with zero attached hydrogens (tertiary/aromatic N) is 3. The van der Waals surface area contributed by atoms with E-state index >= 15 is 0 Å². The van der Waals surface area contributed by atoms with Crippen molar-refractivity contribution in [3.63, 3.8) is 0 Å². The molecule has 0 spiro atoms. The van der Waals surface area contributed by atoms with Crippen molar-refractivity contribution in [1.82, 2.24) is 25.6 Å². The number of hydrogen-bond acceptors (Lipinski definition) is 5. The van der Waals surface area contributed by atoms with E-state index in [-0.39, 0.29) is 11.7 Å². The summed E-state index contributed by atoms with van der Waals surface area (Å²) >= 11 is 7.01. The van der Waals surface area contributed by atoms with Crippen LogP contribution in [0.3, 0.4) is 0 Å². The van der Waals surface area contributed by atoms with Crippen LogP contribution in [-0.4, -0.2) is 32.3 Å². The Bertz CT molecular complexity index is 944. The molecule has 0 atom stereocenters. The molecule has 138 valence electrons. The first-order valence-corrected chi connectivity index (χ1v) is 9.36. The van der Waals surface area contributed by atoms with Crippen molar-refractivity contribution in [3.05, 3.63) is 71.0 Å². The lowest BCUT2D eigenvalue weighted by Gasteiger charge is -2.09. The van der Waals surface area contributed by atoms with Crippen molar-refractivity contribution in [2.24, 2.45) is 0 Å². The number of amides is 2. The van der Waals surface area contributed by atoms with Gasteiger partial charge in [0, 0.05) is 16.3 Å². The number of benzene rings is 2. The second kappa shape index (κ2) is 8.70. The van der Waals surface area contributed by atoms with Crippen molar-refractivity contribution in [3.8, 4) is 5.69 Å². The minimum atomic E-state index is -0.423. The number of hydrogen-bond donors (Lipinski definition) is 2. The molecule has 3 rings (SSSR count). The zero-order valence-corrected chi connectivity index (χ0v) is 15.9. The van der Waals surface area contributed by atoms with Crippen LogP contribution in [0.2, 0.25) is 5.02 Å². The van der Waals surface area contributed by atoms with Gasteiger partial charge < -0.3 is 0 Å². The van der Waals surface area contributed by atoms with Crippen molar-refractivity contribution in [1.29, 1.82) is 0 Å². The largest absolute Gasteiger partial charge is 0.274 e. The number of aromatic nitrogens is 3. The molecule has 0 aliphatic carbocycles. The summed E-state index contributed by atoms with van der Waals surface area (Å²) in [6.45, 7) is 1.84. The molecule has 0 aliphatic rings. The Kier molecular flexibility index (Phi) is 6.10. The SMILES string of the molecule is Cc1nnc(SCC(=O)NNC(=O)c2ccc(Cl)cc2)n1-c1ccccc1. The standard InChI is InChI=1S/C18H16ClN5O2S/c1-12-20-23-18(24(12)15-5-3-2-4-6-15)27-11-16(25)21-22-17(26)13-7-9-14(19)10-8-13/h2-10H,11H2,1H3,(H,21,25)(H,22,26). The second-order valence-electron chi connectivity index (χ2n) is 5.50. The molecule has 0 aliphatic heterocycles. The van der Waals surface area contributed by atoms with Crippen LogP contribution in [0.5, 0.6) is 0 Å². The molecule has 1 heterocycles. The first-order chi connectivity index (χ1) is 13.0. The molecule has 27 heavy (non-hydrogen) atoms. The van der Waals surface area contributed by atoms with Crippen LogP contribution in [0.25, 0.3) is 5.69 Å². The Balaban J connectivity index is 1.56. The van der Waals surface area contributed by atoms with Crippen molar-refractivity contribution >= 4 is 35.2 Å². The van der Waals surface area contributed by atoms with Crippen LogP contribution in [0, 0.1) is 6.92 Å². The molecule has 0 saturated carbocycles. The van der Waals surface area contributed by atoms with Gasteiger partial charge in [-0.1, -0.05) is 41.6 Å². The fourth-order valence-electron chi connectivity index (χ4n) is 2.28. The van der Waals surface area contributed by atoms with E-state index < -0.39 is 5.91 Å². The minimum absolute atomic E-state index is 0.0753. The Hall–Kier alpha value is -2.84. The molecule has 2 N–H and O–H groups in total. The van der Waals surface area contributed by atoms with E-state index in [0.29, 0.717) is 15.7 Å². The fraction of sp³-hybridized carbons (Fsp3) is 0.111. The molecule has 3 aromatic rings. The highest BCUT2D eigenvalue weighted by Crippen LogP contribution is 2.21. The number of carbonyl (C=O) groups excluding carboxylic acids is 2. The molecule has 2 amide bonds. The number of para-hydroxylation sites is 1. The zero-order valence-electron chi connectivity index (χ0n) is 14.3. The van der Waals surface area contributed by atoms with Gasteiger partial charge in [0.25, 0.3) is 5.91 Å². The van der Waals surface area contributed by atoms with Gasteiger partial charge in [0.15, 0.2) is 5.16 Å². The summed E-state index contributed by atoms with van der Waals surface area (Å²) in [5.41, 5.74) is 6.06. The van der Waals surface area contributed by atoms with E-state index in [4.69, 9.17) is 11.6 Å². The number of aryl methyl sites for hydroxylation is 1. The third-order valence-corrected chi connectivity index (χ3v) is 4.74. The topological polar surface area (TPSA) is 88.9 Å². The molecule has 2 aromatic carbocycles. The van der Waals surface area contributed by atoms with Crippen LogP contribution in [0.4, 0.5) is 0 Å². The summed E-state index contributed by atoms with van der Waals surface area (Å²) in [4.78, 5) is 24.0. The molecule has 0 fully saturated rings. The van der Waals surface area contributed by atoms with Gasteiger partial charge in [0.1, 0.15) is 5.82 Å². The average molecular weight is 402 g/mol. The predicted octanol–water partition coefficient (Wildman–Crippen LogP) is 2.78. The summed E-state index contributed by atoms with van der Waals surface area (Å²) < 4.78 is 1.87. The second-order valence-corrected chi connectivity index (χ2v) is 6.88. The maximum Gasteiger partial charge on any atom is 0.269 e. The number of rotatable bonds is 5. The highest BCUT2D eigenvalue weighted by molar-refractivity contribution is 7.99. The van der Waals surface area contributed by atoms with Crippen LogP contribution < -0.4 is 10.9 Å². The molecule has 0 unspecified atom stereocenters. The Morgan fingerprint density at radius 3 is 2.44 bits per heavy atom. The number of thioether (sulfide) groups is 1. The van der Waals surface area contributed by atoms with E-state index in [1.54, 1.807) is 24.3 Å². The molecule has 0 bridgehead atoms. The van der Waals surface area contributed by atoms with Crippen LogP contribution in [0.15, 0.2) is 59.8 Å². The van der Waals surface area contributed by atoms with Gasteiger partial charge in [0.05, 0.1) is 5.75 Å². The number of halogens is 1. The van der Waals surface area contributed by atoms with Gasteiger partial charge >= 0.3 is 0 Å². The van der Waals surface area contributed by atoms with Crippen molar-refractivity contribution in [2.45, 2.75) is 12.1 Å². The lowest BCUT2D eigenvalue weighted by molar-refractivity contribution is -0.119. The van der Waals surface area contributed by atoms with Gasteiger partial charge in [-0.2, -0.15) is 0 Å². The van der Waals surface area contributed by atoms with E-state index in [9.17, 15) is 9.59 Å². The summed E-state index contributed by atoms with van der Waals surface area (Å²) in [5, 5.41) is 9.31. The van der Waals surface area contributed by atoms with E-state index in [1.807, 2.05) is 41.8 Å². The fourth-order valence-corrected chi connectivity index (χ4v) is 3.20. The third kappa shape index (κ3) is 4.87. The molecular weight excluding hydrogens is 386 g/mol. The normalized spacial score (nSPS) is 10.4. The molecular formula is C18H16ClN5O2S. The Morgan fingerprint density at radius 2 is 1.74 bits per heavy atom. The smallest absolute Gasteiger partial charge is 0.269 e. The molecule has 0 radical (unpaired) electrons. The first kappa shape index (κ1) is 18.9. The maximum absolute atomic E-state index is 12.0. The summed E-state index contributed by atoms with van der Waals surface area (Å²) in [6.07, 6.45) is 0. The first-order valence-electron chi connectivity index (χ1n) is 7.99. The van der Waals surface area contributed by atoms with Crippen LogP contribution in [-0.2, 0) is 4.79 Å². The summed E-state index contributed by atoms with van der Waals surface area (Å²) in [7, 11) is 0. The minimum Gasteiger partial charge on any atom is -0.274 e. The van der Waals surface area contributed by atoms with Crippen molar-refractivity contribution in [2.75, 3.05) is 5.75 Å². The average Bonchev–Trinajstić information content (AvgIpc) is 3.06. The van der Waals surface area contributed by atoms with Gasteiger partial charge in [-0.25, -0.2) is 0 Å². The van der Waals surface area contributed by atoms with Crippen LogP contribution in [0.1, 0.15) is 16.2 Å². The van der Waals surface area contributed by atoms with Crippen LogP contribution >= 0.6 is 23.4 Å². The molecule has 1 aromatic heterocycles. The zero-order chi connectivity index (χ0) is 19.2. The Labute approximate surface area is 165 Å². The Morgan fingerprint density at radius 1 is 1.04 bits per heavy atom. The van der Waals surface area contributed by atoms with E-state index in [0.717, 1.165) is 11.5 Å². The number of hydrazine groups is 1. The lowest BCUT2D eigenvalue weighted by Crippen LogP contribution is -2.42. The monoisotopic (exact) mass is 401 g/mol. The van der Waals surface area contributed by atoms with Gasteiger partial charge in [0.2, 0.25) is 5.91 Å². The predicted molar refractivity (Wildman–Crippen MR) is 104 cm³/mol. The number of nitrogens with one attached hydrogen (secondary N) is 2. The highest BCUT2D eigenvalue weighted by Gasteiger charge is 2.14. The van der Waals surface area contributed by atoms with Gasteiger partial charge in [-0.3, -0.25) is 25.0 Å². The quantitative estimate of drug-likeness (QED) is 0.507. The lowest BCUT2D eigenvalue weighted by atomic mass is 10.2. The van der Waals surface area contributed by atoms with E-state index in [1.165, 1.54) is 11.8 Å². The third-order valence-electron chi connectivity index (χ3n) is 3.56. The maximum atomic E-state index is 12.0. The van der Waals surface area contributed by atoms with Crippen molar-refractivity contribution < 1.29 is 9.59 Å². The number of carbonyl (C=O) groups is 2. The van der Waals surface area contributed by atoms with Gasteiger partial charge in [-0.15, -0.1) is 10.2 Å². The summed E-state index contributed by atoms with van der Waals surface area (Å²) in [6, 6.07) is 16.0. The highest BCUT2D eigenvalue weighted by atomic mass is 35.5. The molecule has 0 saturated heterocycles. The van der Waals surface area contributed by atoms with Gasteiger partial charge in [-0.05, 0) is 43.3 Å². The van der Waals surface area contributed by atoms with E-state index in [2.05, 4.69) is 21.0 Å². The summed E-state index contributed by atoms with van der Waals surface area (Å²) in [5.74, 6) is 0.0160. The molecule has 9 heteroatoms.